The molecule has 2 aliphatic heterocycles. The molecule has 0 amide bonds. The normalized spacial score (nSPS) is 27.9. The van der Waals surface area contributed by atoms with Gasteiger partial charge in [0.1, 0.15) is 11.7 Å². The van der Waals surface area contributed by atoms with Gasteiger partial charge < -0.3 is 4.74 Å². The van der Waals surface area contributed by atoms with Crippen molar-refractivity contribution in [1.29, 1.82) is 0 Å². The molecule has 1 aromatic carbocycles. The van der Waals surface area contributed by atoms with E-state index >= 15 is 0 Å². The Balaban J connectivity index is 1.75. The number of esters is 1. The lowest BCUT2D eigenvalue weighted by molar-refractivity contribution is -0.157. The number of hydrogen-bond donors (Lipinski definition) is 0. The van der Waals surface area contributed by atoms with Crippen molar-refractivity contribution in [1.82, 2.24) is 4.90 Å². The van der Waals surface area contributed by atoms with Gasteiger partial charge in [-0.3, -0.25) is 14.5 Å². The molecule has 0 unspecified atom stereocenters. The molecule has 0 N–H and O–H groups in total. The third-order valence-electron chi connectivity index (χ3n) is 4.77. The second-order valence-corrected chi connectivity index (χ2v) is 6.27. The van der Waals surface area contributed by atoms with E-state index in [0.29, 0.717) is 13.0 Å². The van der Waals surface area contributed by atoms with Crippen LogP contribution in [0.15, 0.2) is 30.3 Å². The third-order valence-corrected chi connectivity index (χ3v) is 4.77. The first-order valence-electron chi connectivity index (χ1n) is 8.19. The van der Waals surface area contributed by atoms with Crippen molar-refractivity contribution in [3.05, 3.63) is 35.9 Å². The summed E-state index contributed by atoms with van der Waals surface area (Å²) < 4.78 is 5.26. The Morgan fingerprint density at radius 2 is 2.05 bits per heavy atom. The van der Waals surface area contributed by atoms with Gasteiger partial charge in [0.25, 0.3) is 0 Å². The average molecular weight is 301 g/mol. The van der Waals surface area contributed by atoms with E-state index in [4.69, 9.17) is 4.74 Å². The standard InChI is InChI=1S/C18H23NO3/c1-2-10-22-18(21)17-15-9-8-14(11-16(17)20)19(15)12-13-6-4-3-5-7-13/h3-7,14-15,17H,2,8-12H2,1H3/t14-,15+,17+/m0/s1. The first-order chi connectivity index (χ1) is 10.7. The maximum Gasteiger partial charge on any atom is 0.318 e. The van der Waals surface area contributed by atoms with Crippen molar-refractivity contribution in [3.8, 4) is 0 Å². The first-order valence-corrected chi connectivity index (χ1v) is 8.19. The van der Waals surface area contributed by atoms with E-state index in [2.05, 4.69) is 17.0 Å². The number of benzene rings is 1. The van der Waals surface area contributed by atoms with Crippen molar-refractivity contribution in [2.75, 3.05) is 6.61 Å². The number of nitrogens with zero attached hydrogens (tertiary/aromatic N) is 1. The zero-order chi connectivity index (χ0) is 15.5. The van der Waals surface area contributed by atoms with Gasteiger partial charge in [0.05, 0.1) is 6.61 Å². The summed E-state index contributed by atoms with van der Waals surface area (Å²) in [6.45, 7) is 3.17. The summed E-state index contributed by atoms with van der Waals surface area (Å²) in [6.07, 6.45) is 3.18. The van der Waals surface area contributed by atoms with Gasteiger partial charge in [0.2, 0.25) is 0 Å². The molecule has 0 radical (unpaired) electrons. The predicted octanol–water partition coefficient (Wildman–Crippen LogP) is 2.56. The van der Waals surface area contributed by atoms with E-state index in [9.17, 15) is 9.59 Å². The van der Waals surface area contributed by atoms with Gasteiger partial charge in [0.15, 0.2) is 0 Å². The lowest BCUT2D eigenvalue weighted by Gasteiger charge is -2.38. The molecule has 0 spiro atoms. The summed E-state index contributed by atoms with van der Waals surface area (Å²) in [7, 11) is 0. The number of fused-ring (bicyclic) bond motifs is 2. The molecule has 2 fully saturated rings. The van der Waals surface area contributed by atoms with Crippen LogP contribution in [-0.2, 0) is 20.9 Å². The molecule has 4 heteroatoms. The molecule has 2 heterocycles. The Morgan fingerprint density at radius 3 is 2.77 bits per heavy atom. The van der Waals surface area contributed by atoms with E-state index < -0.39 is 5.92 Å². The topological polar surface area (TPSA) is 46.6 Å². The highest BCUT2D eigenvalue weighted by Crippen LogP contribution is 2.39. The lowest BCUT2D eigenvalue weighted by atomic mass is 9.88. The van der Waals surface area contributed by atoms with Gasteiger partial charge in [-0.05, 0) is 24.8 Å². The number of piperidine rings is 1. The molecule has 3 rings (SSSR count). The highest BCUT2D eigenvalue weighted by Gasteiger charge is 2.50. The van der Waals surface area contributed by atoms with Crippen LogP contribution in [0.1, 0.15) is 38.2 Å². The number of rotatable bonds is 5. The Labute approximate surface area is 131 Å². The Hall–Kier alpha value is -1.68. The van der Waals surface area contributed by atoms with Crippen LogP contribution in [-0.4, -0.2) is 35.3 Å². The molecule has 0 saturated carbocycles. The largest absolute Gasteiger partial charge is 0.465 e. The average Bonchev–Trinajstić information content (AvgIpc) is 2.79. The maximum absolute atomic E-state index is 12.3. The summed E-state index contributed by atoms with van der Waals surface area (Å²) in [4.78, 5) is 27.0. The SMILES string of the molecule is CCCOC(=O)[C@H]1C(=O)C[C@@H]2CC[C@H]1N2Cc1ccccc1. The van der Waals surface area contributed by atoms with Gasteiger partial charge in [-0.25, -0.2) is 0 Å². The van der Waals surface area contributed by atoms with Crippen molar-refractivity contribution in [3.63, 3.8) is 0 Å². The van der Waals surface area contributed by atoms with E-state index in [1.54, 1.807) is 0 Å². The second kappa shape index (κ2) is 6.61. The number of Topliss-reactive ketones (excluding diaryl/α,β-unsaturated/α-hetero) is 1. The van der Waals surface area contributed by atoms with E-state index in [0.717, 1.165) is 25.8 Å². The molecule has 118 valence electrons. The van der Waals surface area contributed by atoms with Crippen LogP contribution in [0.4, 0.5) is 0 Å². The van der Waals surface area contributed by atoms with Crippen LogP contribution in [0.3, 0.4) is 0 Å². The molecular weight excluding hydrogens is 278 g/mol. The van der Waals surface area contributed by atoms with Crippen LogP contribution >= 0.6 is 0 Å². The number of carbonyl (C=O) groups is 2. The van der Waals surface area contributed by atoms with Gasteiger partial charge in [0, 0.05) is 25.0 Å². The predicted molar refractivity (Wildman–Crippen MR) is 83.2 cm³/mol. The molecule has 0 aromatic heterocycles. The summed E-state index contributed by atoms with van der Waals surface area (Å²) in [5, 5.41) is 0. The minimum atomic E-state index is -0.589. The number of ether oxygens (including phenoxy) is 1. The van der Waals surface area contributed by atoms with Crippen molar-refractivity contribution >= 4 is 11.8 Å². The van der Waals surface area contributed by atoms with Crippen molar-refractivity contribution in [2.45, 2.75) is 51.2 Å². The second-order valence-electron chi connectivity index (χ2n) is 6.27. The number of hydrogen-bond acceptors (Lipinski definition) is 4. The molecule has 3 atom stereocenters. The molecule has 4 nitrogen and oxygen atoms in total. The number of ketones is 1. The smallest absolute Gasteiger partial charge is 0.318 e. The molecule has 0 aliphatic carbocycles. The quantitative estimate of drug-likeness (QED) is 0.619. The monoisotopic (exact) mass is 301 g/mol. The fourth-order valence-corrected chi connectivity index (χ4v) is 3.74. The van der Waals surface area contributed by atoms with Crippen molar-refractivity contribution in [2.24, 2.45) is 5.92 Å². The van der Waals surface area contributed by atoms with E-state index in [1.807, 2.05) is 25.1 Å². The number of carbonyl (C=O) groups excluding carboxylic acids is 2. The highest BCUT2D eigenvalue weighted by molar-refractivity contribution is 6.01. The van der Waals surface area contributed by atoms with Crippen LogP contribution in [0, 0.1) is 5.92 Å². The molecule has 2 bridgehead atoms. The highest BCUT2D eigenvalue weighted by atomic mass is 16.5. The van der Waals surface area contributed by atoms with Crippen LogP contribution in [0.25, 0.3) is 0 Å². The minimum absolute atomic E-state index is 0.0100. The fraction of sp³-hybridized carbons (Fsp3) is 0.556. The van der Waals surface area contributed by atoms with Gasteiger partial charge in [-0.2, -0.15) is 0 Å². The summed E-state index contributed by atoms with van der Waals surface area (Å²) >= 11 is 0. The Kier molecular flexibility index (Phi) is 4.57. The van der Waals surface area contributed by atoms with E-state index in [1.165, 1.54) is 5.56 Å². The third kappa shape index (κ3) is 2.93. The summed E-state index contributed by atoms with van der Waals surface area (Å²) in [5.74, 6) is -0.845. The molecular formula is C18H23NO3. The maximum atomic E-state index is 12.3. The van der Waals surface area contributed by atoms with Gasteiger partial charge in [-0.1, -0.05) is 37.3 Å². The van der Waals surface area contributed by atoms with Gasteiger partial charge >= 0.3 is 5.97 Å². The summed E-state index contributed by atoms with van der Waals surface area (Å²) in [6, 6.07) is 10.5. The fourth-order valence-electron chi connectivity index (χ4n) is 3.74. The van der Waals surface area contributed by atoms with E-state index in [-0.39, 0.29) is 23.8 Å². The lowest BCUT2D eigenvalue weighted by Crippen LogP contribution is -2.51. The Bertz CT molecular complexity index is 543. The zero-order valence-electron chi connectivity index (χ0n) is 13.0. The zero-order valence-corrected chi connectivity index (χ0v) is 13.0. The first kappa shape index (κ1) is 15.2. The van der Waals surface area contributed by atoms with Crippen LogP contribution in [0.5, 0.6) is 0 Å². The van der Waals surface area contributed by atoms with Gasteiger partial charge in [-0.15, -0.1) is 0 Å². The molecule has 2 aliphatic rings. The Morgan fingerprint density at radius 1 is 1.27 bits per heavy atom. The molecule has 22 heavy (non-hydrogen) atoms. The molecule has 2 saturated heterocycles. The van der Waals surface area contributed by atoms with Crippen molar-refractivity contribution < 1.29 is 14.3 Å². The van der Waals surface area contributed by atoms with Crippen LogP contribution in [0.2, 0.25) is 0 Å². The van der Waals surface area contributed by atoms with Crippen LogP contribution < -0.4 is 0 Å². The summed E-state index contributed by atoms with van der Waals surface area (Å²) in [5.41, 5.74) is 1.23. The minimum Gasteiger partial charge on any atom is -0.465 e. The molecule has 1 aromatic rings.